The summed E-state index contributed by atoms with van der Waals surface area (Å²) in [5.41, 5.74) is 4.64. The average Bonchev–Trinajstić information content (AvgIpc) is 3.08. The zero-order chi connectivity index (χ0) is 20.2. The fourth-order valence-corrected chi connectivity index (χ4v) is 5.69. The van der Waals surface area contributed by atoms with Gasteiger partial charge in [-0.1, -0.05) is 44.2 Å². The Morgan fingerprint density at radius 3 is 2.52 bits per heavy atom. The summed E-state index contributed by atoms with van der Waals surface area (Å²) < 4.78 is 5.35. The lowest BCUT2D eigenvalue weighted by Gasteiger charge is -2.48. The predicted octanol–water partition coefficient (Wildman–Crippen LogP) is 4.89. The molecule has 2 aliphatic rings. The van der Waals surface area contributed by atoms with E-state index in [-0.39, 0.29) is 16.9 Å². The minimum absolute atomic E-state index is 0.0101. The summed E-state index contributed by atoms with van der Waals surface area (Å²) in [6.07, 6.45) is 2.18. The number of aromatic amines is 1. The molecule has 1 spiro atoms. The van der Waals surface area contributed by atoms with Crippen LogP contribution in [0.5, 0.6) is 5.75 Å². The van der Waals surface area contributed by atoms with Gasteiger partial charge in [0.25, 0.3) is 0 Å². The van der Waals surface area contributed by atoms with Crippen molar-refractivity contribution in [3.05, 3.63) is 65.4 Å². The number of para-hydroxylation sites is 1. The van der Waals surface area contributed by atoms with Crippen LogP contribution in [0, 0.1) is 5.41 Å². The normalized spacial score (nSPS) is 25.9. The Kier molecular flexibility index (Phi) is 4.11. The molecular weight excluding hydrogens is 360 g/mol. The number of ketones is 1. The van der Waals surface area contributed by atoms with Crippen LogP contribution >= 0.6 is 0 Å². The number of ether oxygens (including phenoxy) is 1. The maximum atomic E-state index is 12.7. The van der Waals surface area contributed by atoms with Gasteiger partial charge in [-0.2, -0.15) is 0 Å². The molecule has 1 aliphatic heterocycles. The number of H-pyrrole nitrogens is 1. The number of nitrogens with one attached hydrogen (secondary N) is 2. The molecule has 2 unspecified atom stereocenters. The molecule has 29 heavy (non-hydrogen) atoms. The number of hydrogen-bond acceptors (Lipinski definition) is 3. The molecule has 0 saturated heterocycles. The van der Waals surface area contributed by atoms with Gasteiger partial charge in [0.05, 0.1) is 12.6 Å². The molecule has 1 fully saturated rings. The topological polar surface area (TPSA) is 54.1 Å². The summed E-state index contributed by atoms with van der Waals surface area (Å²) in [6.45, 7) is 5.25. The minimum Gasteiger partial charge on any atom is -0.497 e. The summed E-state index contributed by atoms with van der Waals surface area (Å²) in [6, 6.07) is 16.9. The summed E-state index contributed by atoms with van der Waals surface area (Å²) >= 11 is 0. The molecule has 2 N–H and O–H groups in total. The first-order chi connectivity index (χ1) is 13.9. The van der Waals surface area contributed by atoms with Crippen LogP contribution in [-0.4, -0.2) is 24.4 Å². The summed E-state index contributed by atoms with van der Waals surface area (Å²) in [5.74, 6) is 1.45. The van der Waals surface area contributed by atoms with E-state index in [1.807, 2.05) is 12.1 Å². The fraction of sp³-hybridized carbons (Fsp3) is 0.400. The molecule has 1 aromatic heterocycles. The fourth-order valence-electron chi connectivity index (χ4n) is 5.69. The van der Waals surface area contributed by atoms with Crippen LogP contribution < -0.4 is 10.1 Å². The van der Waals surface area contributed by atoms with Gasteiger partial charge in [0.2, 0.25) is 0 Å². The summed E-state index contributed by atoms with van der Waals surface area (Å²) in [5, 5.41) is 5.10. The third-order valence-electron chi connectivity index (χ3n) is 6.69. The molecule has 3 aromatic rings. The SMILES string of the molecule is COc1ccc(C2CNC3(CC(=O)CC(C)(C)C3)c3[nH]c4ccccc4c32)cc1. The van der Waals surface area contributed by atoms with Gasteiger partial charge >= 0.3 is 0 Å². The second kappa shape index (κ2) is 6.46. The highest BCUT2D eigenvalue weighted by Crippen LogP contribution is 2.51. The summed E-state index contributed by atoms with van der Waals surface area (Å²) in [4.78, 5) is 16.4. The molecule has 4 nitrogen and oxygen atoms in total. The van der Waals surface area contributed by atoms with Gasteiger partial charge in [-0.15, -0.1) is 0 Å². The number of aromatic nitrogens is 1. The van der Waals surface area contributed by atoms with Gasteiger partial charge in [0.1, 0.15) is 11.5 Å². The molecular formula is C25H28N2O2. The van der Waals surface area contributed by atoms with Crippen molar-refractivity contribution in [2.45, 2.75) is 44.6 Å². The Labute approximate surface area is 171 Å². The molecule has 4 heteroatoms. The van der Waals surface area contributed by atoms with Crippen molar-refractivity contribution in [1.82, 2.24) is 10.3 Å². The van der Waals surface area contributed by atoms with Crippen LogP contribution in [0.1, 0.15) is 55.8 Å². The molecule has 1 aliphatic carbocycles. The molecule has 150 valence electrons. The smallest absolute Gasteiger partial charge is 0.135 e. The van der Waals surface area contributed by atoms with Gasteiger partial charge in [0, 0.05) is 41.9 Å². The standard InChI is InChI=1S/C25H28N2O2/c1-24(2)12-17(28)13-25(15-24)23-22(19-6-4-5-7-21(19)27-23)20(14-26-25)16-8-10-18(29-3)11-9-16/h4-11,20,26-27H,12-15H2,1-3H3. The van der Waals surface area contributed by atoms with Crippen LogP contribution in [0.3, 0.4) is 0 Å². The number of benzene rings is 2. The van der Waals surface area contributed by atoms with Crippen LogP contribution in [0.25, 0.3) is 10.9 Å². The number of carbonyl (C=O) groups is 1. The lowest BCUT2D eigenvalue weighted by molar-refractivity contribution is -0.126. The maximum absolute atomic E-state index is 12.7. The minimum atomic E-state index is -0.309. The van der Waals surface area contributed by atoms with Gasteiger partial charge in [0.15, 0.2) is 0 Å². The van der Waals surface area contributed by atoms with Crippen LogP contribution in [0.4, 0.5) is 0 Å². The Hall–Kier alpha value is -2.59. The second-order valence-electron chi connectivity index (χ2n) is 9.48. The first-order valence-corrected chi connectivity index (χ1v) is 10.4. The van der Waals surface area contributed by atoms with E-state index >= 15 is 0 Å². The highest BCUT2D eigenvalue weighted by molar-refractivity contribution is 5.88. The van der Waals surface area contributed by atoms with Crippen molar-refractivity contribution in [2.24, 2.45) is 5.41 Å². The third-order valence-corrected chi connectivity index (χ3v) is 6.69. The predicted molar refractivity (Wildman–Crippen MR) is 115 cm³/mol. The Morgan fingerprint density at radius 1 is 1.03 bits per heavy atom. The highest BCUT2D eigenvalue weighted by atomic mass is 16.5. The molecule has 2 atom stereocenters. The first kappa shape index (κ1) is 18.4. The van der Waals surface area contributed by atoms with E-state index in [2.05, 4.69) is 60.5 Å². The quantitative estimate of drug-likeness (QED) is 0.657. The number of rotatable bonds is 2. The number of hydrogen-bond donors (Lipinski definition) is 2. The lowest BCUT2D eigenvalue weighted by atomic mass is 9.63. The molecule has 1 saturated carbocycles. The largest absolute Gasteiger partial charge is 0.497 e. The molecule has 0 radical (unpaired) electrons. The van der Waals surface area contributed by atoms with Gasteiger partial charge in [-0.05, 0) is 41.2 Å². The molecule has 2 heterocycles. The zero-order valence-corrected chi connectivity index (χ0v) is 17.3. The molecule has 5 rings (SSSR count). The highest BCUT2D eigenvalue weighted by Gasteiger charge is 2.49. The van der Waals surface area contributed by atoms with Crippen molar-refractivity contribution < 1.29 is 9.53 Å². The van der Waals surface area contributed by atoms with Crippen LogP contribution in [-0.2, 0) is 10.3 Å². The number of methoxy groups -OCH3 is 1. The lowest BCUT2D eigenvalue weighted by Crippen LogP contribution is -2.55. The van der Waals surface area contributed by atoms with Crippen LogP contribution in [0.2, 0.25) is 0 Å². The zero-order valence-electron chi connectivity index (χ0n) is 17.3. The van der Waals surface area contributed by atoms with Crippen molar-refractivity contribution >= 4 is 16.7 Å². The van der Waals surface area contributed by atoms with E-state index in [1.54, 1.807) is 7.11 Å². The monoisotopic (exact) mass is 388 g/mol. The Balaban J connectivity index is 1.69. The first-order valence-electron chi connectivity index (χ1n) is 10.4. The number of fused-ring (bicyclic) bond motifs is 4. The van der Waals surface area contributed by atoms with Crippen molar-refractivity contribution in [3.63, 3.8) is 0 Å². The van der Waals surface area contributed by atoms with Gasteiger partial charge < -0.3 is 15.0 Å². The van der Waals surface area contributed by atoms with Crippen molar-refractivity contribution in [2.75, 3.05) is 13.7 Å². The van der Waals surface area contributed by atoms with Crippen molar-refractivity contribution in [3.8, 4) is 5.75 Å². The summed E-state index contributed by atoms with van der Waals surface area (Å²) in [7, 11) is 1.69. The van der Waals surface area contributed by atoms with Gasteiger partial charge in [-0.3, -0.25) is 4.79 Å². The second-order valence-corrected chi connectivity index (χ2v) is 9.48. The van der Waals surface area contributed by atoms with E-state index in [0.717, 1.165) is 24.2 Å². The molecule has 0 bridgehead atoms. The third kappa shape index (κ3) is 2.98. The van der Waals surface area contributed by atoms with E-state index in [4.69, 9.17) is 4.74 Å². The van der Waals surface area contributed by atoms with E-state index in [0.29, 0.717) is 18.6 Å². The van der Waals surface area contributed by atoms with Gasteiger partial charge in [-0.25, -0.2) is 0 Å². The Bertz CT molecular complexity index is 1080. The van der Waals surface area contributed by atoms with E-state index in [1.165, 1.54) is 22.2 Å². The van der Waals surface area contributed by atoms with Crippen molar-refractivity contribution in [1.29, 1.82) is 0 Å². The van der Waals surface area contributed by atoms with E-state index in [9.17, 15) is 4.79 Å². The number of Topliss-reactive ketones (excluding diaryl/α,β-unsaturated/α-hetero) is 1. The molecule has 0 amide bonds. The van der Waals surface area contributed by atoms with Crippen LogP contribution in [0.15, 0.2) is 48.5 Å². The molecule has 2 aromatic carbocycles. The Morgan fingerprint density at radius 2 is 1.79 bits per heavy atom. The van der Waals surface area contributed by atoms with E-state index < -0.39 is 0 Å². The maximum Gasteiger partial charge on any atom is 0.135 e. The number of carbonyl (C=O) groups excluding carboxylic acids is 1. The average molecular weight is 389 g/mol.